The molecule has 0 saturated carbocycles. The first-order valence-electron chi connectivity index (χ1n) is 7.06. The lowest BCUT2D eigenvalue weighted by Crippen LogP contribution is -2.15. The minimum atomic E-state index is -4.48. The summed E-state index contributed by atoms with van der Waals surface area (Å²) in [6.45, 7) is 3.33. The molecule has 25 heavy (non-hydrogen) atoms. The van der Waals surface area contributed by atoms with Crippen molar-refractivity contribution in [2.45, 2.75) is 25.0 Å². The number of nitrogens with zero attached hydrogens (tertiary/aromatic N) is 3. The zero-order chi connectivity index (χ0) is 18.6. The number of carbonyl (C=O) groups is 1. The summed E-state index contributed by atoms with van der Waals surface area (Å²) < 4.78 is 38.0. The third-order valence-corrected chi connectivity index (χ3v) is 4.07. The maximum Gasteiger partial charge on any atom is 0.416 e. The fourth-order valence-corrected chi connectivity index (χ4v) is 2.89. The molecule has 0 spiro atoms. The lowest BCUT2D eigenvalue weighted by atomic mass is 10.2. The van der Waals surface area contributed by atoms with Gasteiger partial charge in [0.05, 0.1) is 17.0 Å². The second kappa shape index (κ2) is 7.53. The molecule has 1 heterocycles. The Morgan fingerprint density at radius 3 is 2.68 bits per heavy atom. The molecule has 2 rings (SSSR count). The number of nitrogens with one attached hydrogen (secondary N) is 1. The first-order valence-corrected chi connectivity index (χ1v) is 8.04. The van der Waals surface area contributed by atoms with E-state index in [4.69, 9.17) is 5.26 Å². The van der Waals surface area contributed by atoms with Gasteiger partial charge in [-0.15, -0.1) is 0 Å². The molecular formula is C16H13F3N4OS. The van der Waals surface area contributed by atoms with E-state index in [1.165, 1.54) is 12.1 Å². The molecule has 0 bridgehead atoms. The molecule has 0 unspecified atom stereocenters. The Balaban J connectivity index is 2.06. The van der Waals surface area contributed by atoms with Crippen LogP contribution in [0.4, 0.5) is 18.9 Å². The van der Waals surface area contributed by atoms with Crippen LogP contribution in [0.15, 0.2) is 29.3 Å². The third kappa shape index (κ3) is 4.93. The predicted molar refractivity (Wildman–Crippen MR) is 87.0 cm³/mol. The monoisotopic (exact) mass is 366 g/mol. The second-order valence-electron chi connectivity index (χ2n) is 5.06. The molecule has 0 radical (unpaired) electrons. The van der Waals surface area contributed by atoms with E-state index in [9.17, 15) is 18.0 Å². The van der Waals surface area contributed by atoms with Crippen LogP contribution in [0.25, 0.3) is 0 Å². The van der Waals surface area contributed by atoms with Crippen molar-refractivity contribution in [3.05, 3.63) is 46.9 Å². The van der Waals surface area contributed by atoms with Crippen LogP contribution in [0.3, 0.4) is 0 Å². The summed E-state index contributed by atoms with van der Waals surface area (Å²) in [5.41, 5.74) is 0.000931. The number of aromatic nitrogens is 2. The average molecular weight is 366 g/mol. The topological polar surface area (TPSA) is 78.7 Å². The summed E-state index contributed by atoms with van der Waals surface area (Å²) >= 11 is 1.03. The van der Waals surface area contributed by atoms with Crippen LogP contribution in [0.2, 0.25) is 0 Å². The van der Waals surface area contributed by atoms with E-state index < -0.39 is 17.6 Å². The smallest absolute Gasteiger partial charge is 0.325 e. The molecule has 0 atom stereocenters. The number of anilines is 1. The third-order valence-electron chi connectivity index (χ3n) is 3.09. The van der Waals surface area contributed by atoms with E-state index in [1.807, 2.05) is 6.07 Å². The molecule has 0 aliphatic carbocycles. The van der Waals surface area contributed by atoms with Crippen molar-refractivity contribution in [2.75, 3.05) is 11.1 Å². The van der Waals surface area contributed by atoms with Gasteiger partial charge in [-0.3, -0.25) is 4.79 Å². The van der Waals surface area contributed by atoms with Crippen molar-refractivity contribution in [2.24, 2.45) is 0 Å². The molecule has 9 heteroatoms. The van der Waals surface area contributed by atoms with Crippen molar-refractivity contribution in [3.63, 3.8) is 0 Å². The normalized spacial score (nSPS) is 11.0. The van der Waals surface area contributed by atoms with Crippen LogP contribution in [-0.2, 0) is 11.0 Å². The SMILES string of the molecule is Cc1nc(C)c(C#N)c(SCC(=O)Nc2cccc(C(F)(F)F)c2)n1. The number of benzene rings is 1. The molecule has 1 N–H and O–H groups in total. The Hall–Kier alpha value is -2.60. The van der Waals surface area contributed by atoms with E-state index in [0.29, 0.717) is 16.5 Å². The van der Waals surface area contributed by atoms with E-state index in [-0.39, 0.29) is 17.0 Å². The van der Waals surface area contributed by atoms with Crippen molar-refractivity contribution in [3.8, 4) is 6.07 Å². The van der Waals surface area contributed by atoms with Crippen LogP contribution in [0, 0.1) is 25.2 Å². The van der Waals surface area contributed by atoms with Gasteiger partial charge < -0.3 is 5.32 Å². The van der Waals surface area contributed by atoms with Crippen molar-refractivity contribution >= 4 is 23.4 Å². The second-order valence-corrected chi connectivity index (χ2v) is 6.03. The highest BCUT2D eigenvalue weighted by molar-refractivity contribution is 8.00. The van der Waals surface area contributed by atoms with Gasteiger partial charge >= 0.3 is 6.18 Å². The number of aryl methyl sites for hydroxylation is 2. The van der Waals surface area contributed by atoms with E-state index in [1.54, 1.807) is 13.8 Å². The summed E-state index contributed by atoms with van der Waals surface area (Å²) in [6, 6.07) is 6.37. The maximum atomic E-state index is 12.7. The number of halogens is 3. The van der Waals surface area contributed by atoms with Gasteiger partial charge in [0.25, 0.3) is 0 Å². The number of amides is 1. The Kier molecular flexibility index (Phi) is 5.64. The van der Waals surface area contributed by atoms with Gasteiger partial charge in [-0.05, 0) is 32.0 Å². The van der Waals surface area contributed by atoms with Gasteiger partial charge in [0, 0.05) is 5.69 Å². The summed E-state index contributed by atoms with van der Waals surface area (Å²) in [7, 11) is 0. The Morgan fingerprint density at radius 2 is 2.04 bits per heavy atom. The number of alkyl halides is 3. The van der Waals surface area contributed by atoms with Gasteiger partial charge in [-0.2, -0.15) is 18.4 Å². The zero-order valence-electron chi connectivity index (χ0n) is 13.3. The predicted octanol–water partition coefficient (Wildman–Crippen LogP) is 3.71. The van der Waals surface area contributed by atoms with Crippen LogP contribution in [-0.4, -0.2) is 21.6 Å². The quantitative estimate of drug-likeness (QED) is 0.659. The molecule has 1 amide bonds. The molecule has 1 aromatic heterocycles. The summed E-state index contributed by atoms with van der Waals surface area (Å²) in [4.78, 5) is 20.2. The number of carbonyl (C=O) groups excluding carboxylic acids is 1. The molecule has 0 aliphatic heterocycles. The Bertz CT molecular complexity index is 846. The lowest BCUT2D eigenvalue weighted by molar-refractivity contribution is -0.137. The molecule has 0 aliphatic rings. The van der Waals surface area contributed by atoms with Crippen molar-refractivity contribution in [1.29, 1.82) is 5.26 Å². The highest BCUT2D eigenvalue weighted by Crippen LogP contribution is 2.30. The van der Waals surface area contributed by atoms with E-state index in [0.717, 1.165) is 23.9 Å². The van der Waals surface area contributed by atoms with Gasteiger partial charge in [0.1, 0.15) is 22.5 Å². The largest absolute Gasteiger partial charge is 0.416 e. The Morgan fingerprint density at radius 1 is 1.32 bits per heavy atom. The fourth-order valence-electron chi connectivity index (χ4n) is 2.02. The highest BCUT2D eigenvalue weighted by atomic mass is 32.2. The van der Waals surface area contributed by atoms with E-state index in [2.05, 4.69) is 15.3 Å². The van der Waals surface area contributed by atoms with Gasteiger partial charge in [-0.25, -0.2) is 9.97 Å². The van der Waals surface area contributed by atoms with Crippen LogP contribution >= 0.6 is 11.8 Å². The number of hydrogen-bond donors (Lipinski definition) is 1. The molecule has 1 aromatic carbocycles. The van der Waals surface area contributed by atoms with Gasteiger partial charge in [0.2, 0.25) is 5.91 Å². The number of nitriles is 1. The zero-order valence-corrected chi connectivity index (χ0v) is 14.1. The summed E-state index contributed by atoms with van der Waals surface area (Å²) in [5, 5.41) is 11.9. The average Bonchev–Trinajstić information content (AvgIpc) is 2.52. The van der Waals surface area contributed by atoms with Crippen molar-refractivity contribution in [1.82, 2.24) is 9.97 Å². The van der Waals surface area contributed by atoms with Gasteiger partial charge in [0.15, 0.2) is 0 Å². The lowest BCUT2D eigenvalue weighted by Gasteiger charge is -2.10. The number of thioether (sulfide) groups is 1. The van der Waals surface area contributed by atoms with Crippen LogP contribution < -0.4 is 5.32 Å². The molecule has 2 aromatic rings. The molecule has 5 nitrogen and oxygen atoms in total. The van der Waals surface area contributed by atoms with Crippen molar-refractivity contribution < 1.29 is 18.0 Å². The van der Waals surface area contributed by atoms with Crippen LogP contribution in [0.1, 0.15) is 22.6 Å². The number of rotatable bonds is 4. The highest BCUT2D eigenvalue weighted by Gasteiger charge is 2.30. The fraction of sp³-hybridized carbons (Fsp3) is 0.250. The molecule has 130 valence electrons. The minimum absolute atomic E-state index is 0.0518. The first kappa shape index (κ1) is 18.7. The first-order chi connectivity index (χ1) is 11.7. The van der Waals surface area contributed by atoms with Crippen LogP contribution in [0.5, 0.6) is 0 Å². The minimum Gasteiger partial charge on any atom is -0.325 e. The van der Waals surface area contributed by atoms with Gasteiger partial charge in [-0.1, -0.05) is 17.8 Å². The standard InChI is InChI=1S/C16H13F3N4OS/c1-9-13(7-20)15(22-10(2)21-9)25-8-14(24)23-12-5-3-4-11(6-12)16(17,18)19/h3-6H,8H2,1-2H3,(H,23,24). The van der Waals surface area contributed by atoms with E-state index >= 15 is 0 Å². The summed E-state index contributed by atoms with van der Waals surface area (Å²) in [6.07, 6.45) is -4.48. The maximum absolute atomic E-state index is 12.7. The molecule has 0 saturated heterocycles. The Labute approximate surface area is 146 Å². The summed E-state index contributed by atoms with van der Waals surface area (Å²) in [5.74, 6) is -0.125. The number of hydrogen-bond acceptors (Lipinski definition) is 5. The molecule has 0 fully saturated rings. The molecular weight excluding hydrogens is 353 g/mol.